The van der Waals surface area contributed by atoms with E-state index < -0.39 is 11.9 Å². The van der Waals surface area contributed by atoms with E-state index in [-0.39, 0.29) is 54.7 Å². The highest BCUT2D eigenvalue weighted by atomic mass is 16.5. The van der Waals surface area contributed by atoms with Crippen LogP contribution < -0.4 is 10.3 Å². The largest absolute Gasteiger partial charge is 0.486 e. The number of nitrogens with zero attached hydrogens (tertiary/aromatic N) is 4. The predicted octanol–water partition coefficient (Wildman–Crippen LogP) is 1.50. The monoisotopic (exact) mass is 496 g/mol. The minimum atomic E-state index is -0.611. The fourth-order valence-electron chi connectivity index (χ4n) is 4.85. The molecule has 0 aromatic carbocycles. The van der Waals surface area contributed by atoms with Crippen LogP contribution in [0.2, 0.25) is 0 Å². The summed E-state index contributed by atoms with van der Waals surface area (Å²) < 4.78 is 12.4. The van der Waals surface area contributed by atoms with E-state index in [0.717, 1.165) is 0 Å². The molecule has 1 atom stereocenters. The van der Waals surface area contributed by atoms with Gasteiger partial charge >= 0.3 is 5.97 Å². The van der Waals surface area contributed by atoms with Gasteiger partial charge in [0.1, 0.15) is 17.9 Å². The van der Waals surface area contributed by atoms with Crippen LogP contribution in [0.3, 0.4) is 0 Å². The Morgan fingerprint density at radius 1 is 1.17 bits per heavy atom. The molecule has 2 aromatic heterocycles. The third-order valence-corrected chi connectivity index (χ3v) is 6.55. The van der Waals surface area contributed by atoms with Gasteiger partial charge in [-0.1, -0.05) is 19.9 Å². The molecule has 192 valence electrons. The summed E-state index contributed by atoms with van der Waals surface area (Å²) in [4.78, 5) is 59.1. The van der Waals surface area contributed by atoms with Crippen LogP contribution in [0.1, 0.15) is 42.0 Å². The number of likely N-dealkylation sites (tertiary alicyclic amines) is 1. The van der Waals surface area contributed by atoms with E-state index in [1.807, 2.05) is 19.9 Å². The fourth-order valence-corrected chi connectivity index (χ4v) is 4.85. The predicted molar refractivity (Wildman–Crippen MR) is 130 cm³/mol. The number of ether oxygens (including phenoxy) is 2. The van der Waals surface area contributed by atoms with Crippen LogP contribution in [-0.2, 0) is 33.9 Å². The van der Waals surface area contributed by atoms with Gasteiger partial charge < -0.3 is 23.8 Å². The molecule has 0 spiro atoms. The third kappa shape index (κ3) is 5.42. The van der Waals surface area contributed by atoms with Gasteiger partial charge in [-0.3, -0.25) is 19.4 Å². The van der Waals surface area contributed by atoms with Crippen LogP contribution in [-0.4, -0.2) is 70.4 Å². The Hall–Kier alpha value is -3.69. The molecular weight excluding hydrogens is 464 g/mol. The number of hydrogen-bond donors (Lipinski definition) is 0. The van der Waals surface area contributed by atoms with Gasteiger partial charge in [0.15, 0.2) is 0 Å². The number of amides is 2. The molecule has 1 saturated heterocycles. The van der Waals surface area contributed by atoms with Crippen molar-refractivity contribution in [3.63, 3.8) is 0 Å². The number of rotatable bonds is 7. The molecule has 2 aliphatic rings. The van der Waals surface area contributed by atoms with Crippen LogP contribution in [0.25, 0.3) is 0 Å². The maximum Gasteiger partial charge on any atom is 0.343 e. The van der Waals surface area contributed by atoms with Gasteiger partial charge in [-0.2, -0.15) is 0 Å². The van der Waals surface area contributed by atoms with E-state index in [9.17, 15) is 19.2 Å². The Labute approximate surface area is 209 Å². The third-order valence-electron chi connectivity index (χ3n) is 6.55. The highest BCUT2D eigenvalue weighted by Gasteiger charge is 2.37. The summed E-state index contributed by atoms with van der Waals surface area (Å²) in [6.07, 6.45) is 2.12. The van der Waals surface area contributed by atoms with E-state index in [1.165, 1.54) is 17.7 Å². The quantitative estimate of drug-likeness (QED) is 0.534. The van der Waals surface area contributed by atoms with Crippen LogP contribution in [0.5, 0.6) is 5.75 Å². The molecule has 36 heavy (non-hydrogen) atoms. The molecule has 2 aromatic rings. The summed E-state index contributed by atoms with van der Waals surface area (Å²) in [5.74, 6) is -0.644. The van der Waals surface area contributed by atoms with Crippen molar-refractivity contribution in [1.29, 1.82) is 0 Å². The zero-order valence-corrected chi connectivity index (χ0v) is 20.9. The maximum absolute atomic E-state index is 13.3. The molecule has 0 N–H and O–H groups in total. The van der Waals surface area contributed by atoms with Gasteiger partial charge in [-0.05, 0) is 18.1 Å². The summed E-state index contributed by atoms with van der Waals surface area (Å²) in [6, 6.07) is 6.68. The molecular formula is C26H32N4O6. The van der Waals surface area contributed by atoms with Crippen molar-refractivity contribution < 1.29 is 23.9 Å². The number of esters is 1. The zero-order valence-electron chi connectivity index (χ0n) is 20.9. The first-order valence-corrected chi connectivity index (χ1v) is 12.2. The lowest BCUT2D eigenvalue weighted by Crippen LogP contribution is -2.39. The first-order chi connectivity index (χ1) is 17.3. The second-order valence-electron chi connectivity index (χ2n) is 9.59. The average Bonchev–Trinajstić information content (AvgIpc) is 3.08. The van der Waals surface area contributed by atoms with Crippen LogP contribution in [0, 0.1) is 11.8 Å². The Kier molecular flexibility index (Phi) is 7.71. The van der Waals surface area contributed by atoms with Crippen LogP contribution in [0.15, 0.2) is 35.3 Å². The summed E-state index contributed by atoms with van der Waals surface area (Å²) in [5, 5.41) is 0. The van der Waals surface area contributed by atoms with E-state index in [1.54, 1.807) is 28.1 Å². The van der Waals surface area contributed by atoms with E-state index in [2.05, 4.69) is 4.98 Å². The van der Waals surface area contributed by atoms with Crippen LogP contribution >= 0.6 is 0 Å². The van der Waals surface area contributed by atoms with Gasteiger partial charge in [0.05, 0.1) is 18.7 Å². The average molecular weight is 497 g/mol. The second-order valence-corrected chi connectivity index (χ2v) is 9.59. The normalized spacial score (nSPS) is 17.7. The maximum atomic E-state index is 13.3. The number of carbonyl (C=O) groups excluding carboxylic acids is 3. The van der Waals surface area contributed by atoms with Crippen molar-refractivity contribution in [2.45, 2.75) is 39.8 Å². The van der Waals surface area contributed by atoms with E-state index >= 15 is 0 Å². The zero-order chi connectivity index (χ0) is 25.8. The standard InChI is InChI=1S/C26H32N4O6/c1-17(2)14-29-15-18(12-22(29)31)25(33)28-9-7-20-24(26(34)35-3)21(13-23(32)30(20)11-10-28)36-16-19-6-4-5-8-27-19/h4-6,8,13,17-18H,7,9-12,14-16H2,1-3H3/t18-/m0/s1. The van der Waals surface area contributed by atoms with Crippen molar-refractivity contribution in [3.8, 4) is 5.75 Å². The number of aromatic nitrogens is 2. The molecule has 10 heteroatoms. The number of hydrogen-bond acceptors (Lipinski definition) is 7. The lowest BCUT2D eigenvalue weighted by molar-refractivity contribution is -0.135. The van der Waals surface area contributed by atoms with Gasteiger partial charge in [0.25, 0.3) is 5.56 Å². The SMILES string of the molecule is COC(=O)c1c(OCc2ccccn2)cc(=O)n2c1CCN(C(=O)[C@H]1CC(=O)N(CC(C)C)C1)CC2. The van der Waals surface area contributed by atoms with Crippen molar-refractivity contribution in [2.75, 3.05) is 33.3 Å². The fraction of sp³-hybridized carbons (Fsp3) is 0.500. The molecule has 0 unspecified atom stereocenters. The summed E-state index contributed by atoms with van der Waals surface area (Å²) in [5.41, 5.74) is 0.992. The molecule has 4 rings (SSSR count). The van der Waals surface area contributed by atoms with Crippen molar-refractivity contribution in [1.82, 2.24) is 19.4 Å². The van der Waals surface area contributed by atoms with Crippen LogP contribution in [0.4, 0.5) is 0 Å². The molecule has 2 amide bonds. The lowest BCUT2D eigenvalue weighted by Gasteiger charge is -2.24. The van der Waals surface area contributed by atoms with Crippen molar-refractivity contribution in [2.24, 2.45) is 11.8 Å². The van der Waals surface area contributed by atoms with Gasteiger partial charge in [0.2, 0.25) is 11.8 Å². The highest BCUT2D eigenvalue weighted by Crippen LogP contribution is 2.26. The Morgan fingerprint density at radius 2 is 1.97 bits per heavy atom. The van der Waals surface area contributed by atoms with E-state index in [0.29, 0.717) is 43.5 Å². The number of methoxy groups -OCH3 is 1. The Morgan fingerprint density at radius 3 is 2.67 bits per heavy atom. The lowest BCUT2D eigenvalue weighted by atomic mass is 10.1. The van der Waals surface area contributed by atoms with Crippen molar-refractivity contribution in [3.05, 3.63) is 57.8 Å². The summed E-state index contributed by atoms with van der Waals surface area (Å²) >= 11 is 0. The summed E-state index contributed by atoms with van der Waals surface area (Å²) in [7, 11) is 1.28. The van der Waals surface area contributed by atoms with Gasteiger partial charge in [-0.25, -0.2) is 4.79 Å². The molecule has 0 saturated carbocycles. The van der Waals surface area contributed by atoms with Gasteiger partial charge in [0, 0.05) is 63.5 Å². The molecule has 0 bridgehead atoms. The number of pyridine rings is 2. The molecule has 0 aliphatic carbocycles. The topological polar surface area (TPSA) is 111 Å². The molecule has 10 nitrogen and oxygen atoms in total. The first-order valence-electron chi connectivity index (χ1n) is 12.2. The number of fused-ring (bicyclic) bond motifs is 1. The molecule has 4 heterocycles. The highest BCUT2D eigenvalue weighted by molar-refractivity contribution is 5.94. The smallest absolute Gasteiger partial charge is 0.343 e. The van der Waals surface area contributed by atoms with Gasteiger partial charge in [-0.15, -0.1) is 0 Å². The second kappa shape index (κ2) is 10.9. The minimum Gasteiger partial charge on any atom is -0.486 e. The minimum absolute atomic E-state index is 0.000878. The molecule has 0 radical (unpaired) electrons. The van der Waals surface area contributed by atoms with E-state index in [4.69, 9.17) is 9.47 Å². The Balaban J connectivity index is 1.55. The first kappa shape index (κ1) is 25.4. The number of carbonyl (C=O) groups is 3. The van der Waals surface area contributed by atoms with Crippen molar-refractivity contribution >= 4 is 17.8 Å². The molecule has 2 aliphatic heterocycles. The molecule has 1 fully saturated rings. The Bertz CT molecular complexity index is 1190. The summed E-state index contributed by atoms with van der Waals surface area (Å²) in [6.45, 7) is 6.09.